The maximum Gasteiger partial charge on any atom is 0.254 e. The zero-order valence-corrected chi connectivity index (χ0v) is 18.6. The van der Waals surface area contributed by atoms with Gasteiger partial charge in [-0.05, 0) is 50.0 Å². The first kappa shape index (κ1) is 27.5. The SMILES string of the molecule is C=C/C=C\C=C(\C#CC(=O)C(C=C)=N/C(=C\C=C)C(=O)C#CC(/C=C\C=C/C)=C/C)C=C. The number of allylic oxidation sites excluding steroid dienone is 16. The molecule has 0 aromatic rings. The highest BCUT2D eigenvalue weighted by Crippen LogP contribution is 2.03. The molecule has 0 saturated heterocycles. The van der Waals surface area contributed by atoms with Crippen LogP contribution in [0.5, 0.6) is 0 Å². The highest BCUT2D eigenvalue weighted by atomic mass is 16.1. The van der Waals surface area contributed by atoms with Gasteiger partial charge in [0.05, 0.1) is 0 Å². The van der Waals surface area contributed by atoms with Gasteiger partial charge in [-0.15, -0.1) is 0 Å². The average molecular weight is 422 g/mol. The standard InChI is InChI=1S/C29H27NO2/c1-7-13-15-18-24(10-4)20-22-28(31)26(12-6)30-27(17-9-3)29(32)23-21-25(11-5)19-16-14-8-2/h7-19H,1,3-4,6H2,2,5H3/b14-8-,15-13-,19-16-,24-18+,25-11+,27-17-,30-26?. The lowest BCUT2D eigenvalue weighted by molar-refractivity contribution is -0.110. The van der Waals surface area contributed by atoms with E-state index >= 15 is 0 Å². The number of rotatable bonds is 10. The van der Waals surface area contributed by atoms with Crippen molar-refractivity contribution in [3.8, 4) is 23.7 Å². The Morgan fingerprint density at radius 1 is 0.719 bits per heavy atom. The molecule has 3 nitrogen and oxygen atoms in total. The van der Waals surface area contributed by atoms with Gasteiger partial charge in [-0.3, -0.25) is 9.59 Å². The van der Waals surface area contributed by atoms with Gasteiger partial charge in [0, 0.05) is 11.1 Å². The molecule has 0 aliphatic heterocycles. The fourth-order valence-electron chi connectivity index (χ4n) is 1.86. The van der Waals surface area contributed by atoms with Crippen molar-refractivity contribution in [2.75, 3.05) is 0 Å². The van der Waals surface area contributed by atoms with Crippen LogP contribution in [0.25, 0.3) is 0 Å². The fraction of sp³-hybridized carbons (Fsp3) is 0.0690. The van der Waals surface area contributed by atoms with Gasteiger partial charge in [0.1, 0.15) is 11.4 Å². The number of aliphatic imine (C=N–C) groups is 1. The maximum atomic E-state index is 12.5. The second kappa shape index (κ2) is 17.4. The predicted octanol–water partition coefficient (Wildman–Crippen LogP) is 5.76. The lowest BCUT2D eigenvalue weighted by atomic mass is 10.1. The normalized spacial score (nSPS) is 12.7. The van der Waals surface area contributed by atoms with Crippen LogP contribution in [0.2, 0.25) is 0 Å². The highest BCUT2D eigenvalue weighted by molar-refractivity contribution is 6.50. The molecular formula is C29H27NO2. The van der Waals surface area contributed by atoms with E-state index in [4.69, 9.17) is 0 Å². The van der Waals surface area contributed by atoms with Crippen molar-refractivity contribution in [1.29, 1.82) is 0 Å². The van der Waals surface area contributed by atoms with Gasteiger partial charge in [-0.25, -0.2) is 4.99 Å². The molecule has 0 aliphatic rings. The van der Waals surface area contributed by atoms with Crippen LogP contribution >= 0.6 is 0 Å². The summed E-state index contributed by atoms with van der Waals surface area (Å²) in [7, 11) is 0. The molecule has 0 bridgehead atoms. The summed E-state index contributed by atoms with van der Waals surface area (Å²) in [6.45, 7) is 18.1. The van der Waals surface area contributed by atoms with Gasteiger partial charge < -0.3 is 0 Å². The lowest BCUT2D eigenvalue weighted by Gasteiger charge is -1.97. The third kappa shape index (κ3) is 11.5. The van der Waals surface area contributed by atoms with Gasteiger partial charge in [-0.1, -0.05) is 92.8 Å². The minimum Gasteiger partial charge on any atom is -0.277 e. The van der Waals surface area contributed by atoms with E-state index in [0.717, 1.165) is 0 Å². The van der Waals surface area contributed by atoms with Crippen molar-refractivity contribution in [3.05, 3.63) is 122 Å². The summed E-state index contributed by atoms with van der Waals surface area (Å²) in [4.78, 5) is 29.1. The molecule has 0 spiro atoms. The van der Waals surface area contributed by atoms with E-state index in [-0.39, 0.29) is 11.4 Å². The number of carbonyl (C=O) groups is 2. The molecule has 0 aliphatic carbocycles. The van der Waals surface area contributed by atoms with Gasteiger partial charge in [0.15, 0.2) is 0 Å². The fourth-order valence-corrected chi connectivity index (χ4v) is 1.86. The smallest absolute Gasteiger partial charge is 0.254 e. The van der Waals surface area contributed by atoms with Crippen LogP contribution in [0.1, 0.15) is 13.8 Å². The van der Waals surface area contributed by atoms with E-state index in [9.17, 15) is 9.59 Å². The minimum atomic E-state index is -0.598. The van der Waals surface area contributed by atoms with Crippen LogP contribution in [0, 0.1) is 23.7 Å². The van der Waals surface area contributed by atoms with Gasteiger partial charge in [0.25, 0.3) is 11.6 Å². The van der Waals surface area contributed by atoms with Crippen molar-refractivity contribution >= 4 is 17.3 Å². The van der Waals surface area contributed by atoms with Crippen LogP contribution in [0.15, 0.2) is 127 Å². The summed E-state index contributed by atoms with van der Waals surface area (Å²) in [5.74, 6) is 9.33. The maximum absolute atomic E-state index is 12.5. The molecular weight excluding hydrogens is 394 g/mol. The minimum absolute atomic E-state index is 0.0427. The third-order valence-electron chi connectivity index (χ3n) is 3.45. The number of hydrogen-bond acceptors (Lipinski definition) is 3. The molecule has 0 heterocycles. The molecule has 160 valence electrons. The van der Waals surface area contributed by atoms with E-state index in [1.807, 2.05) is 32.1 Å². The second-order valence-corrected chi connectivity index (χ2v) is 5.72. The molecule has 0 amide bonds. The molecule has 0 unspecified atom stereocenters. The summed E-state index contributed by atoms with van der Waals surface area (Å²) in [6, 6.07) is 0. The molecule has 0 rings (SSSR count). The molecule has 0 fully saturated rings. The molecule has 0 aromatic carbocycles. The first-order chi connectivity index (χ1) is 15.5. The Hall–Kier alpha value is -4.47. The zero-order chi connectivity index (χ0) is 24.2. The largest absolute Gasteiger partial charge is 0.277 e. The molecule has 0 N–H and O–H groups in total. The Morgan fingerprint density at radius 2 is 1.41 bits per heavy atom. The van der Waals surface area contributed by atoms with Crippen molar-refractivity contribution in [1.82, 2.24) is 0 Å². The van der Waals surface area contributed by atoms with E-state index in [1.54, 1.807) is 36.5 Å². The lowest BCUT2D eigenvalue weighted by Crippen LogP contribution is -2.11. The summed E-state index contributed by atoms with van der Waals surface area (Å²) < 4.78 is 0. The number of Topliss-reactive ketones (excluding diaryl/α,β-unsaturated/α-hetero) is 2. The highest BCUT2D eigenvalue weighted by Gasteiger charge is 2.10. The Morgan fingerprint density at radius 3 is 1.97 bits per heavy atom. The molecule has 32 heavy (non-hydrogen) atoms. The Balaban J connectivity index is 5.90. The Labute approximate surface area is 191 Å². The molecule has 0 atom stereocenters. The molecule has 0 radical (unpaired) electrons. The summed E-state index contributed by atoms with van der Waals surface area (Å²) in [5.41, 5.74) is 1.08. The second-order valence-electron chi connectivity index (χ2n) is 5.72. The Kier molecular flexibility index (Phi) is 15.0. The van der Waals surface area contributed by atoms with Crippen LogP contribution in [-0.4, -0.2) is 17.3 Å². The third-order valence-corrected chi connectivity index (χ3v) is 3.45. The van der Waals surface area contributed by atoms with Crippen LogP contribution in [-0.2, 0) is 9.59 Å². The van der Waals surface area contributed by atoms with Crippen molar-refractivity contribution in [2.24, 2.45) is 4.99 Å². The number of carbonyl (C=O) groups excluding carboxylic acids is 2. The molecule has 3 heteroatoms. The van der Waals surface area contributed by atoms with Crippen LogP contribution < -0.4 is 0 Å². The first-order valence-electron chi connectivity index (χ1n) is 9.71. The number of nitrogens with zero attached hydrogens (tertiary/aromatic N) is 1. The zero-order valence-electron chi connectivity index (χ0n) is 18.6. The average Bonchev–Trinajstić information content (AvgIpc) is 2.80. The van der Waals surface area contributed by atoms with Crippen LogP contribution in [0.3, 0.4) is 0 Å². The van der Waals surface area contributed by atoms with Crippen molar-refractivity contribution in [3.63, 3.8) is 0 Å². The first-order valence-corrected chi connectivity index (χ1v) is 9.71. The van der Waals surface area contributed by atoms with Gasteiger partial charge >= 0.3 is 0 Å². The summed E-state index contributed by atoms with van der Waals surface area (Å²) in [6.07, 6.45) is 21.4. The van der Waals surface area contributed by atoms with Gasteiger partial charge in [0.2, 0.25) is 0 Å². The monoisotopic (exact) mass is 421 g/mol. The van der Waals surface area contributed by atoms with E-state index in [2.05, 4.69) is 55.0 Å². The van der Waals surface area contributed by atoms with Gasteiger partial charge in [-0.2, -0.15) is 0 Å². The van der Waals surface area contributed by atoms with E-state index in [0.29, 0.717) is 11.1 Å². The van der Waals surface area contributed by atoms with Crippen LogP contribution in [0.4, 0.5) is 0 Å². The quantitative estimate of drug-likeness (QED) is 0.148. The van der Waals surface area contributed by atoms with E-state index < -0.39 is 11.6 Å². The number of hydrogen-bond donors (Lipinski definition) is 0. The predicted molar refractivity (Wildman–Crippen MR) is 137 cm³/mol. The van der Waals surface area contributed by atoms with Crippen molar-refractivity contribution in [2.45, 2.75) is 13.8 Å². The molecule has 0 saturated carbocycles. The van der Waals surface area contributed by atoms with Crippen molar-refractivity contribution < 1.29 is 9.59 Å². The topological polar surface area (TPSA) is 46.5 Å². The summed E-state index contributed by atoms with van der Waals surface area (Å²) >= 11 is 0. The molecule has 0 aromatic heterocycles. The summed E-state index contributed by atoms with van der Waals surface area (Å²) in [5, 5.41) is 0. The Bertz CT molecular complexity index is 1090. The number of ketones is 2. The van der Waals surface area contributed by atoms with E-state index in [1.165, 1.54) is 24.3 Å².